The van der Waals surface area contributed by atoms with Crippen molar-refractivity contribution in [3.8, 4) is 0 Å². The molecule has 3 amide bonds. The van der Waals surface area contributed by atoms with Crippen LogP contribution in [0.5, 0.6) is 0 Å². The molecule has 0 bridgehead atoms. The van der Waals surface area contributed by atoms with E-state index >= 15 is 0 Å². The predicted molar refractivity (Wildman–Crippen MR) is 124 cm³/mol. The number of hydrogen-bond acceptors (Lipinski definition) is 5. The number of likely N-dealkylation sites (tertiary alicyclic amines) is 1. The van der Waals surface area contributed by atoms with Gasteiger partial charge in [-0.25, -0.2) is 0 Å². The van der Waals surface area contributed by atoms with Gasteiger partial charge in [-0.1, -0.05) is 6.07 Å². The van der Waals surface area contributed by atoms with Gasteiger partial charge in [-0.05, 0) is 69.9 Å². The summed E-state index contributed by atoms with van der Waals surface area (Å²) in [5, 5.41) is 16.2. The van der Waals surface area contributed by atoms with Crippen molar-refractivity contribution in [3.05, 3.63) is 69.3 Å². The van der Waals surface area contributed by atoms with Crippen LogP contribution in [0.3, 0.4) is 0 Å². The normalized spacial score (nSPS) is 16.6. The molecule has 3 rings (SSSR count). The number of nitro groups is 1. The van der Waals surface area contributed by atoms with Crippen LogP contribution >= 0.6 is 0 Å². The monoisotopic (exact) mass is 452 g/mol. The molecule has 1 aliphatic rings. The van der Waals surface area contributed by atoms with Crippen LogP contribution in [0.25, 0.3) is 0 Å². The predicted octanol–water partition coefficient (Wildman–Crippen LogP) is 3.67. The summed E-state index contributed by atoms with van der Waals surface area (Å²) in [6.07, 6.45) is 3.13. The van der Waals surface area contributed by atoms with Crippen LogP contribution in [0.15, 0.2) is 42.5 Å². The second-order valence-corrected chi connectivity index (χ2v) is 8.36. The molecular formula is C24H28N4O5. The van der Waals surface area contributed by atoms with Crippen molar-refractivity contribution in [2.75, 3.05) is 11.9 Å². The van der Waals surface area contributed by atoms with Crippen molar-refractivity contribution >= 4 is 29.1 Å². The van der Waals surface area contributed by atoms with Gasteiger partial charge in [0, 0.05) is 41.5 Å². The second kappa shape index (κ2) is 10.2. The molecule has 0 aromatic heterocycles. The maximum atomic E-state index is 12.9. The molecule has 0 aliphatic carbocycles. The molecule has 2 aromatic carbocycles. The lowest BCUT2D eigenvalue weighted by Crippen LogP contribution is -2.42. The average Bonchev–Trinajstić information content (AvgIpc) is 2.80. The van der Waals surface area contributed by atoms with Gasteiger partial charge in [0.15, 0.2) is 0 Å². The van der Waals surface area contributed by atoms with Gasteiger partial charge in [0.05, 0.1) is 4.92 Å². The lowest BCUT2D eigenvalue weighted by Gasteiger charge is -2.33. The average molecular weight is 453 g/mol. The molecule has 2 aromatic rings. The zero-order chi connectivity index (χ0) is 24.1. The van der Waals surface area contributed by atoms with Crippen LogP contribution in [-0.2, 0) is 4.79 Å². The third kappa shape index (κ3) is 5.74. The highest BCUT2D eigenvalue weighted by atomic mass is 16.6. The van der Waals surface area contributed by atoms with Gasteiger partial charge < -0.3 is 15.5 Å². The fourth-order valence-corrected chi connectivity index (χ4v) is 3.85. The molecule has 9 heteroatoms. The van der Waals surface area contributed by atoms with Crippen LogP contribution < -0.4 is 10.6 Å². The summed E-state index contributed by atoms with van der Waals surface area (Å²) >= 11 is 0. The first-order valence-corrected chi connectivity index (χ1v) is 10.9. The Balaban J connectivity index is 1.63. The number of non-ortho nitro benzene ring substituents is 1. The first-order chi connectivity index (χ1) is 15.7. The fourth-order valence-electron chi connectivity index (χ4n) is 3.85. The van der Waals surface area contributed by atoms with Gasteiger partial charge in [0.2, 0.25) is 5.91 Å². The van der Waals surface area contributed by atoms with E-state index in [0.717, 1.165) is 37.4 Å². The topological polar surface area (TPSA) is 122 Å². The van der Waals surface area contributed by atoms with Crippen molar-refractivity contribution < 1.29 is 19.3 Å². The number of amides is 3. The Morgan fingerprint density at radius 3 is 2.55 bits per heavy atom. The Morgan fingerprint density at radius 2 is 1.88 bits per heavy atom. The number of nitro benzene ring substituents is 1. The third-order valence-corrected chi connectivity index (χ3v) is 5.86. The Morgan fingerprint density at radius 1 is 1.12 bits per heavy atom. The maximum absolute atomic E-state index is 12.9. The lowest BCUT2D eigenvalue weighted by molar-refractivity contribution is -0.384. The Bertz CT molecular complexity index is 1080. The molecule has 1 heterocycles. The van der Waals surface area contributed by atoms with Crippen LogP contribution in [0.4, 0.5) is 11.4 Å². The van der Waals surface area contributed by atoms with Gasteiger partial charge in [-0.2, -0.15) is 0 Å². The SMILES string of the molecule is Cc1cc(C(=O)N2CCCCC2C)ccc1NC(=O)C(C)NC(=O)c1cccc([N+](=O)[O-])c1. The summed E-state index contributed by atoms with van der Waals surface area (Å²) < 4.78 is 0. The van der Waals surface area contributed by atoms with Gasteiger partial charge in [-0.3, -0.25) is 24.5 Å². The van der Waals surface area contributed by atoms with Crippen molar-refractivity contribution in [1.29, 1.82) is 0 Å². The summed E-state index contributed by atoms with van der Waals surface area (Å²) in [6, 6.07) is 9.76. The molecule has 0 saturated carbocycles. The molecule has 174 valence electrons. The number of rotatable bonds is 6. The van der Waals surface area contributed by atoms with Gasteiger partial charge in [0.1, 0.15) is 6.04 Å². The molecule has 33 heavy (non-hydrogen) atoms. The standard InChI is InChI=1S/C24H28N4O5/c1-15-13-19(24(31)27-12-5-4-7-16(27)2)10-11-21(15)26-22(29)17(3)25-23(30)18-8-6-9-20(14-18)28(32)33/h6,8-11,13-14,16-17H,4-5,7,12H2,1-3H3,(H,25,30)(H,26,29). The Hall–Kier alpha value is -3.75. The number of hydrogen-bond donors (Lipinski definition) is 2. The third-order valence-electron chi connectivity index (χ3n) is 5.86. The molecular weight excluding hydrogens is 424 g/mol. The summed E-state index contributed by atoms with van der Waals surface area (Å²) in [4.78, 5) is 50.1. The highest BCUT2D eigenvalue weighted by molar-refractivity contribution is 6.02. The number of carbonyl (C=O) groups excluding carboxylic acids is 3. The maximum Gasteiger partial charge on any atom is 0.270 e. The van der Waals surface area contributed by atoms with E-state index in [4.69, 9.17) is 0 Å². The van der Waals surface area contributed by atoms with Crippen molar-refractivity contribution in [2.24, 2.45) is 0 Å². The second-order valence-electron chi connectivity index (χ2n) is 8.36. The molecule has 2 unspecified atom stereocenters. The van der Waals surface area contributed by atoms with E-state index in [9.17, 15) is 24.5 Å². The minimum atomic E-state index is -0.883. The first kappa shape index (κ1) is 23.9. The number of nitrogens with one attached hydrogen (secondary N) is 2. The van der Waals surface area contributed by atoms with Crippen molar-refractivity contribution in [3.63, 3.8) is 0 Å². The van der Waals surface area contributed by atoms with Gasteiger partial charge >= 0.3 is 0 Å². The minimum Gasteiger partial charge on any atom is -0.341 e. The summed E-state index contributed by atoms with van der Waals surface area (Å²) in [5.74, 6) is -1.05. The summed E-state index contributed by atoms with van der Waals surface area (Å²) in [6.45, 7) is 6.13. The Kier molecular flexibility index (Phi) is 7.42. The molecule has 2 atom stereocenters. The van der Waals surface area contributed by atoms with Gasteiger partial charge in [-0.15, -0.1) is 0 Å². The number of carbonyl (C=O) groups is 3. The van der Waals surface area contributed by atoms with Crippen molar-refractivity contribution in [1.82, 2.24) is 10.2 Å². The number of benzene rings is 2. The molecule has 1 fully saturated rings. The smallest absolute Gasteiger partial charge is 0.270 e. The van der Waals surface area contributed by atoms with Crippen LogP contribution in [0.2, 0.25) is 0 Å². The number of piperidine rings is 1. The summed E-state index contributed by atoms with van der Waals surface area (Å²) in [5.41, 5.74) is 1.74. The quantitative estimate of drug-likeness (QED) is 0.511. The number of nitrogens with zero attached hydrogens (tertiary/aromatic N) is 2. The largest absolute Gasteiger partial charge is 0.341 e. The van der Waals surface area contributed by atoms with E-state index in [0.29, 0.717) is 11.3 Å². The molecule has 1 aliphatic heterocycles. The minimum absolute atomic E-state index is 0.0132. The zero-order valence-corrected chi connectivity index (χ0v) is 19.0. The van der Waals surface area contributed by atoms with E-state index in [1.807, 2.05) is 4.90 Å². The summed E-state index contributed by atoms with van der Waals surface area (Å²) in [7, 11) is 0. The van der Waals surface area contributed by atoms with E-state index in [-0.39, 0.29) is 23.2 Å². The first-order valence-electron chi connectivity index (χ1n) is 10.9. The van der Waals surface area contributed by atoms with Crippen LogP contribution in [0, 0.1) is 17.0 Å². The van der Waals surface area contributed by atoms with E-state index in [2.05, 4.69) is 17.6 Å². The van der Waals surface area contributed by atoms with E-state index in [1.165, 1.54) is 25.1 Å². The number of anilines is 1. The molecule has 9 nitrogen and oxygen atoms in total. The molecule has 1 saturated heterocycles. The van der Waals surface area contributed by atoms with E-state index < -0.39 is 22.8 Å². The highest BCUT2D eigenvalue weighted by Gasteiger charge is 2.25. The van der Waals surface area contributed by atoms with Crippen LogP contribution in [0.1, 0.15) is 59.4 Å². The van der Waals surface area contributed by atoms with Gasteiger partial charge in [0.25, 0.3) is 17.5 Å². The highest BCUT2D eigenvalue weighted by Crippen LogP contribution is 2.22. The fraction of sp³-hybridized carbons (Fsp3) is 0.375. The van der Waals surface area contributed by atoms with Crippen LogP contribution in [-0.4, -0.2) is 46.2 Å². The Labute approximate surface area is 192 Å². The van der Waals surface area contributed by atoms with E-state index in [1.54, 1.807) is 25.1 Å². The molecule has 0 radical (unpaired) electrons. The molecule has 2 N–H and O–H groups in total. The molecule has 0 spiro atoms. The van der Waals surface area contributed by atoms with Crippen molar-refractivity contribution in [2.45, 2.75) is 52.1 Å². The zero-order valence-electron chi connectivity index (χ0n) is 19.0. The number of aryl methyl sites for hydroxylation is 1. The lowest BCUT2D eigenvalue weighted by atomic mass is 10.0.